The summed E-state index contributed by atoms with van der Waals surface area (Å²) < 4.78 is 25.1. The molecule has 1 aromatic heterocycles. The maximum atomic E-state index is 13.3. The maximum Gasteiger partial charge on any atom is 0.344 e. The van der Waals surface area contributed by atoms with E-state index in [2.05, 4.69) is 38.8 Å². The third kappa shape index (κ3) is 7.21. The summed E-state index contributed by atoms with van der Waals surface area (Å²) in [6.07, 6.45) is -0.360. The predicted octanol–water partition coefficient (Wildman–Crippen LogP) is 4.51. The number of non-ortho nitro benzene ring substituents is 1. The zero-order valence-electron chi connectivity index (χ0n) is 25.3. The average Bonchev–Trinajstić information content (AvgIpc) is 3.34. The number of aromatic nitrogens is 2. The van der Waals surface area contributed by atoms with Crippen molar-refractivity contribution in [3.8, 4) is 5.75 Å². The van der Waals surface area contributed by atoms with Gasteiger partial charge < -0.3 is 18.6 Å². The van der Waals surface area contributed by atoms with E-state index >= 15 is 0 Å². The number of nitrogens with zero attached hydrogens (tertiary/aromatic N) is 2. The fraction of sp³-hybridized carbons (Fsp3) is 0.400. The summed E-state index contributed by atoms with van der Waals surface area (Å²) in [4.78, 5) is 63.3. The maximum absolute atomic E-state index is 13.3. The van der Waals surface area contributed by atoms with Crippen molar-refractivity contribution >= 4 is 25.9 Å². The van der Waals surface area contributed by atoms with Crippen LogP contribution in [0.5, 0.6) is 5.75 Å². The number of carbonyl (C=O) groups excluding carboxylic acids is 2. The van der Waals surface area contributed by atoms with Crippen LogP contribution in [0.1, 0.15) is 59.7 Å². The van der Waals surface area contributed by atoms with Crippen molar-refractivity contribution in [1.82, 2.24) is 9.55 Å². The van der Waals surface area contributed by atoms with Crippen molar-refractivity contribution in [2.24, 2.45) is 0 Å². The van der Waals surface area contributed by atoms with E-state index in [0.29, 0.717) is 5.56 Å². The minimum atomic E-state index is -2.33. The number of nitrogens with one attached hydrogen (secondary N) is 1. The fourth-order valence-electron chi connectivity index (χ4n) is 4.37. The second-order valence-corrected chi connectivity index (χ2v) is 16.8. The van der Waals surface area contributed by atoms with Crippen LogP contribution in [-0.2, 0) is 13.9 Å². The quantitative estimate of drug-likeness (QED) is 0.117. The first kappa shape index (κ1) is 32.5. The molecule has 4 rings (SSSR count). The second-order valence-electron chi connectivity index (χ2n) is 12.0. The first-order valence-corrected chi connectivity index (χ1v) is 16.9. The summed E-state index contributed by atoms with van der Waals surface area (Å²) in [5.41, 5.74) is -1.07. The lowest BCUT2D eigenvalue weighted by atomic mass is 10.1. The molecule has 14 heteroatoms. The van der Waals surface area contributed by atoms with E-state index in [9.17, 15) is 29.3 Å². The Labute approximate surface area is 254 Å². The highest BCUT2D eigenvalue weighted by Crippen LogP contribution is 2.41. The third-order valence-corrected chi connectivity index (χ3v) is 12.4. The Hall–Kier alpha value is -4.40. The number of rotatable bonds is 9. The Bertz CT molecular complexity index is 1670. The molecule has 0 saturated carbocycles. The van der Waals surface area contributed by atoms with E-state index < -0.39 is 54.9 Å². The van der Waals surface area contributed by atoms with E-state index in [-0.39, 0.29) is 40.6 Å². The normalized spacial score (nSPS) is 18.5. The number of ether oxygens (including phenoxy) is 3. The molecule has 3 atom stereocenters. The first-order valence-electron chi connectivity index (χ1n) is 14.0. The predicted molar refractivity (Wildman–Crippen MR) is 161 cm³/mol. The Morgan fingerprint density at radius 1 is 1.07 bits per heavy atom. The lowest BCUT2D eigenvalue weighted by Crippen LogP contribution is -2.46. The lowest BCUT2D eigenvalue weighted by Gasteiger charge is -2.39. The van der Waals surface area contributed by atoms with Crippen molar-refractivity contribution in [3.63, 3.8) is 0 Å². The summed E-state index contributed by atoms with van der Waals surface area (Å²) in [5.74, 6) is -1.60. The highest BCUT2D eigenvalue weighted by atomic mass is 28.4. The van der Waals surface area contributed by atoms with Gasteiger partial charge in [0, 0.05) is 30.3 Å². The van der Waals surface area contributed by atoms with E-state index in [0.717, 1.165) is 0 Å². The van der Waals surface area contributed by atoms with E-state index in [4.69, 9.17) is 18.6 Å². The number of hydrogen-bond acceptors (Lipinski definition) is 10. The second kappa shape index (κ2) is 12.7. The number of H-pyrrole nitrogens is 1. The molecule has 1 fully saturated rings. The van der Waals surface area contributed by atoms with Gasteiger partial charge in [-0.3, -0.25) is 24.5 Å². The highest BCUT2D eigenvalue weighted by Gasteiger charge is 2.45. The number of carbonyl (C=O) groups is 2. The number of aryl methyl sites for hydroxylation is 1. The van der Waals surface area contributed by atoms with Gasteiger partial charge in [0.05, 0.1) is 22.2 Å². The highest BCUT2D eigenvalue weighted by molar-refractivity contribution is 6.74. The Kier molecular flexibility index (Phi) is 9.37. The monoisotopic (exact) mass is 625 g/mol. The minimum Gasteiger partial charge on any atom is -0.459 e. The molecule has 2 aromatic carbocycles. The Morgan fingerprint density at radius 2 is 1.68 bits per heavy atom. The van der Waals surface area contributed by atoms with Gasteiger partial charge >= 0.3 is 17.6 Å². The van der Waals surface area contributed by atoms with E-state index in [1.165, 1.54) is 47.2 Å². The molecule has 44 heavy (non-hydrogen) atoms. The summed E-state index contributed by atoms with van der Waals surface area (Å²) >= 11 is 0. The van der Waals surface area contributed by atoms with Gasteiger partial charge in [-0.05, 0) is 49.3 Å². The zero-order chi connectivity index (χ0) is 32.4. The first-order chi connectivity index (χ1) is 20.6. The Morgan fingerprint density at radius 3 is 2.27 bits per heavy atom. The molecule has 0 spiro atoms. The van der Waals surface area contributed by atoms with Gasteiger partial charge in [0.2, 0.25) is 0 Å². The van der Waals surface area contributed by atoms with Crippen LogP contribution in [0.15, 0.2) is 64.3 Å². The van der Waals surface area contributed by atoms with Crippen LogP contribution in [-0.4, -0.2) is 53.5 Å². The largest absolute Gasteiger partial charge is 0.459 e. The van der Waals surface area contributed by atoms with Gasteiger partial charge in [-0.2, -0.15) is 0 Å². The molecule has 13 nitrogen and oxygen atoms in total. The molecule has 1 saturated heterocycles. The molecule has 234 valence electrons. The van der Waals surface area contributed by atoms with Crippen LogP contribution in [0.2, 0.25) is 18.1 Å². The van der Waals surface area contributed by atoms with Crippen LogP contribution in [0.3, 0.4) is 0 Å². The topological polar surface area (TPSA) is 169 Å². The molecule has 3 aromatic rings. The van der Waals surface area contributed by atoms with E-state index in [1.807, 2.05) is 0 Å². The van der Waals surface area contributed by atoms with Crippen molar-refractivity contribution < 1.29 is 33.1 Å². The molecule has 0 bridgehead atoms. The number of nitro groups is 1. The van der Waals surface area contributed by atoms with Crippen LogP contribution in [0.4, 0.5) is 5.69 Å². The molecule has 1 N–H and O–H groups in total. The fourth-order valence-corrected chi connectivity index (χ4v) is 5.73. The lowest BCUT2D eigenvalue weighted by molar-refractivity contribution is -0.384. The van der Waals surface area contributed by atoms with Crippen molar-refractivity contribution in [2.45, 2.75) is 70.7 Å². The number of hydrogen-bond donors (Lipinski definition) is 1. The van der Waals surface area contributed by atoms with Gasteiger partial charge in [0.15, 0.2) is 8.32 Å². The zero-order valence-corrected chi connectivity index (χ0v) is 26.3. The Balaban J connectivity index is 1.53. The number of aromatic amines is 1. The standard InChI is InChI=1S/C30H35N3O10Si/c1-18-16-32(29(37)31-26(18)34)25-15-23(43-44(5,6)30(2,3)4)24(42-25)17-40-27(35)21-9-7-8-10-22(21)28(36)41-20-13-11-19(12-14-20)33(38)39/h7-14,16,23-25H,15,17H2,1-6H3,(H,31,34,37)/t23-,24+,25+/m0/s1. The molecule has 0 aliphatic carbocycles. The van der Waals surface area contributed by atoms with Gasteiger partial charge in [0.1, 0.15) is 24.7 Å². The van der Waals surface area contributed by atoms with Crippen LogP contribution in [0, 0.1) is 17.0 Å². The van der Waals surface area contributed by atoms with Crippen molar-refractivity contribution in [1.29, 1.82) is 0 Å². The third-order valence-electron chi connectivity index (χ3n) is 7.89. The summed E-state index contributed by atoms with van der Waals surface area (Å²) in [5, 5.41) is 10.8. The number of nitro benzene ring substituents is 1. The minimum absolute atomic E-state index is 0.0525. The van der Waals surface area contributed by atoms with Crippen LogP contribution < -0.4 is 16.0 Å². The number of esters is 2. The van der Waals surface area contributed by atoms with E-state index in [1.54, 1.807) is 19.1 Å². The SMILES string of the molecule is Cc1cn([C@H]2C[C@H](O[Si](C)(C)C(C)(C)C)[C@@H](COC(=O)c3ccccc3C(=O)Oc3ccc([N+](=O)[O-])cc3)O2)c(=O)[nH]c1=O. The van der Waals surface area contributed by atoms with Gasteiger partial charge in [-0.15, -0.1) is 0 Å². The molecule has 0 amide bonds. The van der Waals surface area contributed by atoms with Crippen LogP contribution >= 0.6 is 0 Å². The molecule has 0 unspecified atom stereocenters. The summed E-state index contributed by atoms with van der Waals surface area (Å²) in [6, 6.07) is 10.9. The molecule has 1 aliphatic heterocycles. The van der Waals surface area contributed by atoms with Crippen molar-refractivity contribution in [2.75, 3.05) is 6.61 Å². The molecule has 2 heterocycles. The smallest absolute Gasteiger partial charge is 0.344 e. The van der Waals surface area contributed by atoms with Gasteiger partial charge in [-0.25, -0.2) is 14.4 Å². The molecular weight excluding hydrogens is 590 g/mol. The van der Waals surface area contributed by atoms with Gasteiger partial charge in [-0.1, -0.05) is 32.9 Å². The molecular formula is C30H35N3O10Si. The van der Waals surface area contributed by atoms with Gasteiger partial charge in [0.25, 0.3) is 11.2 Å². The summed E-state index contributed by atoms with van der Waals surface area (Å²) in [6.45, 7) is 11.8. The van der Waals surface area contributed by atoms with Crippen molar-refractivity contribution in [3.05, 3.63) is 102 Å². The molecule has 1 aliphatic rings. The van der Waals surface area contributed by atoms with Crippen LogP contribution in [0.25, 0.3) is 0 Å². The summed E-state index contributed by atoms with van der Waals surface area (Å²) in [7, 11) is -2.33. The average molecular weight is 626 g/mol. The number of benzene rings is 2. The molecule has 0 radical (unpaired) electrons.